The molecule has 1 fully saturated rings. The Kier molecular flexibility index (Phi) is 7.63. The molecule has 35 heavy (non-hydrogen) atoms. The van der Waals surface area contributed by atoms with Gasteiger partial charge in [-0.15, -0.1) is 0 Å². The lowest BCUT2D eigenvalue weighted by molar-refractivity contribution is -0.127. The summed E-state index contributed by atoms with van der Waals surface area (Å²) in [5.41, 5.74) is 4.94. The fourth-order valence-electron chi connectivity index (χ4n) is 5.60. The first-order valence-corrected chi connectivity index (χ1v) is 13.9. The zero-order chi connectivity index (χ0) is 24.5. The van der Waals surface area contributed by atoms with Crippen LogP contribution in [0.5, 0.6) is 0 Å². The quantitative estimate of drug-likeness (QED) is 0.425. The van der Waals surface area contributed by atoms with E-state index in [-0.39, 0.29) is 23.8 Å². The van der Waals surface area contributed by atoms with Crippen molar-refractivity contribution in [2.24, 2.45) is 5.92 Å². The Hall–Kier alpha value is -1.74. The number of hydrogen-bond donors (Lipinski definition) is 1. The zero-order valence-corrected chi connectivity index (χ0v) is 23.5. The average Bonchev–Trinajstić information content (AvgIpc) is 3.28. The molecular weight excluding hydrogens is 594 g/mol. The fraction of sp³-hybridized carbons (Fsp3) is 0.423. The first kappa shape index (κ1) is 24.9. The smallest absolute Gasteiger partial charge is 0.237 e. The van der Waals surface area contributed by atoms with E-state index in [0.29, 0.717) is 13.1 Å². The Balaban J connectivity index is 1.43. The van der Waals surface area contributed by atoms with Crippen LogP contribution in [0.25, 0.3) is 0 Å². The number of piperidine rings is 1. The van der Waals surface area contributed by atoms with Crippen LogP contribution < -0.4 is 5.32 Å². The van der Waals surface area contributed by atoms with Crippen molar-refractivity contribution in [3.05, 3.63) is 79.5 Å². The van der Waals surface area contributed by atoms with E-state index in [0.717, 1.165) is 51.9 Å². The van der Waals surface area contributed by atoms with Crippen molar-refractivity contribution in [3.8, 4) is 0 Å². The van der Waals surface area contributed by atoms with Gasteiger partial charge in [0.05, 0.1) is 18.1 Å². The molecule has 184 valence electrons. The monoisotopic (exact) mass is 619 g/mol. The van der Waals surface area contributed by atoms with E-state index < -0.39 is 0 Å². The van der Waals surface area contributed by atoms with E-state index >= 15 is 0 Å². The average molecular weight is 622 g/mol. The normalized spacial score (nSPS) is 22.2. The summed E-state index contributed by atoms with van der Waals surface area (Å²) < 4.78 is 4.00. The molecular formula is C26H28Br2ClN5O. The lowest BCUT2D eigenvalue weighted by Crippen LogP contribution is -2.50. The van der Waals surface area contributed by atoms with Crippen LogP contribution in [-0.4, -0.2) is 51.5 Å². The summed E-state index contributed by atoms with van der Waals surface area (Å²) in [6, 6.07) is 6.12. The maximum atomic E-state index is 13.3. The second-order valence-electron chi connectivity index (χ2n) is 9.51. The molecule has 1 saturated heterocycles. The van der Waals surface area contributed by atoms with E-state index in [1.54, 1.807) is 12.5 Å². The molecule has 2 aromatic heterocycles. The van der Waals surface area contributed by atoms with Crippen molar-refractivity contribution in [2.45, 2.75) is 44.2 Å². The van der Waals surface area contributed by atoms with Crippen molar-refractivity contribution in [1.29, 1.82) is 0 Å². The maximum Gasteiger partial charge on any atom is 0.237 e. The summed E-state index contributed by atoms with van der Waals surface area (Å²) in [5, 5.41) is 3.89. The highest BCUT2D eigenvalue weighted by Gasteiger charge is 2.39. The molecule has 0 bridgehead atoms. The van der Waals surface area contributed by atoms with Gasteiger partial charge in [0.25, 0.3) is 0 Å². The van der Waals surface area contributed by atoms with Gasteiger partial charge in [-0.1, -0.05) is 27.5 Å². The molecule has 1 N–H and O–H groups in total. The SMILES string of the molecule is CN1CCC([C@H]2c3ncc(Br)cc3CCc3cc(Cl)cc(Br)c32)CC1C(=O)NCCn1ccnc1. The summed E-state index contributed by atoms with van der Waals surface area (Å²) in [5.74, 6) is 0.486. The number of halogens is 3. The van der Waals surface area contributed by atoms with E-state index in [1.165, 1.54) is 16.7 Å². The van der Waals surface area contributed by atoms with Crippen LogP contribution in [-0.2, 0) is 24.2 Å². The number of hydrogen-bond acceptors (Lipinski definition) is 4. The van der Waals surface area contributed by atoms with Gasteiger partial charge in [0.15, 0.2) is 0 Å². The van der Waals surface area contributed by atoms with Crippen LogP contribution in [0.2, 0.25) is 5.02 Å². The van der Waals surface area contributed by atoms with E-state index in [2.05, 4.69) is 66.2 Å². The number of carbonyl (C=O) groups excluding carboxylic acids is 1. The molecule has 2 aliphatic rings. The lowest BCUT2D eigenvalue weighted by Gasteiger charge is -2.40. The molecule has 3 atom stereocenters. The maximum absolute atomic E-state index is 13.3. The molecule has 0 radical (unpaired) electrons. The number of nitrogens with zero attached hydrogens (tertiary/aromatic N) is 4. The van der Waals surface area contributed by atoms with Gasteiger partial charge in [-0.05, 0) is 96.0 Å². The molecule has 3 aromatic rings. The number of likely N-dealkylation sites (tertiary alicyclic amines) is 1. The third-order valence-corrected chi connectivity index (χ3v) is 8.64. The molecule has 2 unspecified atom stereocenters. The highest BCUT2D eigenvalue weighted by molar-refractivity contribution is 9.10. The van der Waals surface area contributed by atoms with Crippen molar-refractivity contribution in [1.82, 2.24) is 24.8 Å². The standard InChI is InChI=1S/C26H28Br2ClN5O/c1-33-7-4-17(12-22(33)26(35)31-6-9-34-8-5-30-15-34)24-23-16(11-20(29)13-21(23)28)2-3-18-10-19(27)14-32-25(18)24/h5,8,10-11,13-15,17,22,24H,2-4,6-7,9,12H2,1H3,(H,31,35)/t17?,22?,24-/m1/s1. The molecule has 1 aromatic carbocycles. The minimum atomic E-state index is -0.173. The molecule has 1 amide bonds. The van der Waals surface area contributed by atoms with E-state index in [4.69, 9.17) is 16.6 Å². The first-order valence-electron chi connectivity index (χ1n) is 12.0. The van der Waals surface area contributed by atoms with E-state index in [9.17, 15) is 4.79 Å². The van der Waals surface area contributed by atoms with Gasteiger partial charge < -0.3 is 9.88 Å². The number of benzene rings is 1. The number of pyridine rings is 1. The molecule has 1 aliphatic heterocycles. The highest BCUT2D eigenvalue weighted by atomic mass is 79.9. The second-order valence-corrected chi connectivity index (χ2v) is 11.7. The second kappa shape index (κ2) is 10.7. The fourth-order valence-corrected chi connectivity index (χ4v) is 7.09. The lowest BCUT2D eigenvalue weighted by atomic mass is 9.74. The number of likely N-dealkylation sites (N-methyl/N-ethyl adjacent to an activating group) is 1. The predicted molar refractivity (Wildman–Crippen MR) is 145 cm³/mol. The van der Waals surface area contributed by atoms with Crippen LogP contribution in [0.15, 0.2) is 52.1 Å². The highest BCUT2D eigenvalue weighted by Crippen LogP contribution is 2.46. The molecule has 1 aliphatic carbocycles. The Morgan fingerprint density at radius 1 is 1.23 bits per heavy atom. The number of nitrogens with one attached hydrogen (secondary N) is 1. The summed E-state index contributed by atoms with van der Waals surface area (Å²) in [6.45, 7) is 2.16. The largest absolute Gasteiger partial charge is 0.353 e. The number of rotatable bonds is 5. The van der Waals surface area contributed by atoms with Crippen molar-refractivity contribution < 1.29 is 4.79 Å². The number of amides is 1. The molecule has 6 nitrogen and oxygen atoms in total. The number of carbonyl (C=O) groups is 1. The topological polar surface area (TPSA) is 63.1 Å². The van der Waals surface area contributed by atoms with Gasteiger partial charge in [0.2, 0.25) is 5.91 Å². The van der Waals surface area contributed by atoms with Crippen LogP contribution in [0.3, 0.4) is 0 Å². The first-order chi connectivity index (χ1) is 16.9. The summed E-state index contributed by atoms with van der Waals surface area (Å²) in [4.78, 5) is 24.5. The van der Waals surface area contributed by atoms with Gasteiger partial charge in [-0.3, -0.25) is 14.7 Å². The van der Waals surface area contributed by atoms with Gasteiger partial charge in [0.1, 0.15) is 0 Å². The third kappa shape index (κ3) is 5.36. The number of aromatic nitrogens is 3. The Morgan fingerprint density at radius 2 is 2.06 bits per heavy atom. The molecule has 0 saturated carbocycles. The zero-order valence-electron chi connectivity index (χ0n) is 19.6. The van der Waals surface area contributed by atoms with Crippen LogP contribution in [0.1, 0.15) is 41.1 Å². The van der Waals surface area contributed by atoms with Crippen molar-refractivity contribution in [2.75, 3.05) is 20.1 Å². The number of fused-ring (bicyclic) bond motifs is 2. The van der Waals surface area contributed by atoms with Crippen LogP contribution in [0.4, 0.5) is 0 Å². The Labute approximate surface area is 227 Å². The minimum Gasteiger partial charge on any atom is -0.353 e. The van der Waals surface area contributed by atoms with E-state index in [1.807, 2.05) is 23.0 Å². The van der Waals surface area contributed by atoms with Crippen molar-refractivity contribution >= 4 is 49.4 Å². The number of imidazole rings is 1. The molecule has 0 spiro atoms. The van der Waals surface area contributed by atoms with Crippen LogP contribution >= 0.6 is 43.5 Å². The van der Waals surface area contributed by atoms with Gasteiger partial charge in [0, 0.05) is 51.6 Å². The van der Waals surface area contributed by atoms with Gasteiger partial charge >= 0.3 is 0 Å². The molecule has 3 heterocycles. The van der Waals surface area contributed by atoms with Gasteiger partial charge in [-0.25, -0.2) is 4.98 Å². The van der Waals surface area contributed by atoms with Crippen molar-refractivity contribution in [3.63, 3.8) is 0 Å². The Morgan fingerprint density at radius 3 is 2.86 bits per heavy atom. The molecule has 5 rings (SSSR count). The summed E-state index contributed by atoms with van der Waals surface area (Å²) in [6.07, 6.45) is 11.0. The number of aryl methyl sites for hydroxylation is 2. The Bertz CT molecular complexity index is 1220. The van der Waals surface area contributed by atoms with Crippen LogP contribution in [0, 0.1) is 5.92 Å². The van der Waals surface area contributed by atoms with Gasteiger partial charge in [-0.2, -0.15) is 0 Å². The third-order valence-electron chi connectivity index (χ3n) is 7.33. The molecule has 9 heteroatoms. The summed E-state index contributed by atoms with van der Waals surface area (Å²) >= 11 is 13.9. The predicted octanol–water partition coefficient (Wildman–Crippen LogP) is 5.21. The minimum absolute atomic E-state index is 0.0883. The summed E-state index contributed by atoms with van der Waals surface area (Å²) in [7, 11) is 2.05.